The predicted octanol–water partition coefficient (Wildman–Crippen LogP) is 4.30. The number of halogens is 1. The van der Waals surface area contributed by atoms with E-state index in [2.05, 4.69) is 57.5 Å². The van der Waals surface area contributed by atoms with Crippen molar-refractivity contribution in [3.8, 4) is 0 Å². The Balaban J connectivity index is 1.99. The van der Waals surface area contributed by atoms with Gasteiger partial charge in [-0.3, -0.25) is 4.79 Å². The van der Waals surface area contributed by atoms with Crippen molar-refractivity contribution < 1.29 is 4.79 Å². The predicted molar refractivity (Wildman–Crippen MR) is 90.2 cm³/mol. The Morgan fingerprint density at radius 2 is 1.70 bits per heavy atom. The SMILES string of the molecule is O=Cc1c(I)n(CCc2ccccc2)c2ccccc12. The van der Waals surface area contributed by atoms with Crippen LogP contribution in [0, 0.1) is 3.70 Å². The van der Waals surface area contributed by atoms with Gasteiger partial charge in [-0.1, -0.05) is 48.5 Å². The lowest BCUT2D eigenvalue weighted by molar-refractivity contribution is 0.112. The van der Waals surface area contributed by atoms with Crippen LogP contribution >= 0.6 is 22.6 Å². The number of carbonyl (C=O) groups is 1. The number of aromatic nitrogens is 1. The summed E-state index contributed by atoms with van der Waals surface area (Å²) in [5, 5.41) is 1.04. The summed E-state index contributed by atoms with van der Waals surface area (Å²) in [6, 6.07) is 18.5. The first-order chi connectivity index (χ1) is 9.81. The lowest BCUT2D eigenvalue weighted by Crippen LogP contribution is -2.03. The summed E-state index contributed by atoms with van der Waals surface area (Å²) in [6.45, 7) is 0.886. The molecule has 0 fully saturated rings. The third-order valence-corrected chi connectivity index (χ3v) is 4.69. The topological polar surface area (TPSA) is 22.0 Å². The smallest absolute Gasteiger partial charge is 0.153 e. The fraction of sp³-hybridized carbons (Fsp3) is 0.118. The number of hydrogen-bond acceptors (Lipinski definition) is 1. The van der Waals surface area contributed by atoms with Crippen LogP contribution in [0.25, 0.3) is 10.9 Å². The van der Waals surface area contributed by atoms with E-state index in [9.17, 15) is 4.79 Å². The van der Waals surface area contributed by atoms with Crippen LogP contribution in [-0.2, 0) is 13.0 Å². The van der Waals surface area contributed by atoms with Crippen LogP contribution in [0.4, 0.5) is 0 Å². The van der Waals surface area contributed by atoms with Crippen LogP contribution in [0.5, 0.6) is 0 Å². The molecule has 3 rings (SSSR count). The summed E-state index contributed by atoms with van der Waals surface area (Å²) >= 11 is 2.27. The number of aldehydes is 1. The second kappa shape index (κ2) is 5.79. The zero-order chi connectivity index (χ0) is 13.9. The minimum Gasteiger partial charge on any atom is -0.335 e. The molecule has 20 heavy (non-hydrogen) atoms. The van der Waals surface area contributed by atoms with Gasteiger partial charge in [0.2, 0.25) is 0 Å². The molecule has 0 bridgehead atoms. The number of para-hydroxylation sites is 1. The van der Waals surface area contributed by atoms with Crippen LogP contribution in [-0.4, -0.2) is 10.9 Å². The Morgan fingerprint density at radius 3 is 2.45 bits per heavy atom. The summed E-state index contributed by atoms with van der Waals surface area (Å²) < 4.78 is 3.25. The zero-order valence-corrected chi connectivity index (χ0v) is 13.1. The van der Waals surface area contributed by atoms with Crippen molar-refractivity contribution in [1.29, 1.82) is 0 Å². The van der Waals surface area contributed by atoms with Gasteiger partial charge in [-0.15, -0.1) is 0 Å². The highest BCUT2D eigenvalue weighted by Crippen LogP contribution is 2.26. The maximum Gasteiger partial charge on any atom is 0.153 e. The third-order valence-electron chi connectivity index (χ3n) is 3.53. The molecule has 0 saturated heterocycles. The van der Waals surface area contributed by atoms with Gasteiger partial charge in [0.05, 0.1) is 9.26 Å². The molecule has 1 aromatic heterocycles. The molecule has 0 atom stereocenters. The molecule has 0 unspecified atom stereocenters. The van der Waals surface area contributed by atoms with Gasteiger partial charge in [0.1, 0.15) is 0 Å². The Kier molecular flexibility index (Phi) is 3.87. The van der Waals surface area contributed by atoms with Crippen molar-refractivity contribution in [2.24, 2.45) is 0 Å². The molecule has 0 amide bonds. The lowest BCUT2D eigenvalue weighted by atomic mass is 10.1. The van der Waals surface area contributed by atoms with Crippen molar-refractivity contribution >= 4 is 39.8 Å². The maximum absolute atomic E-state index is 11.3. The van der Waals surface area contributed by atoms with Crippen molar-refractivity contribution in [2.75, 3.05) is 0 Å². The number of carbonyl (C=O) groups excluding carboxylic acids is 1. The van der Waals surface area contributed by atoms with Crippen LogP contribution in [0.3, 0.4) is 0 Å². The van der Waals surface area contributed by atoms with Crippen LogP contribution < -0.4 is 0 Å². The molecule has 3 heteroatoms. The summed E-state index contributed by atoms with van der Waals surface area (Å²) in [4.78, 5) is 11.3. The van der Waals surface area contributed by atoms with Gasteiger partial charge >= 0.3 is 0 Å². The minimum atomic E-state index is 0.800. The van der Waals surface area contributed by atoms with Gasteiger partial charge in [0.15, 0.2) is 6.29 Å². The summed E-state index contributed by atoms with van der Waals surface area (Å²) in [5.41, 5.74) is 3.25. The maximum atomic E-state index is 11.3. The van der Waals surface area contributed by atoms with Gasteiger partial charge in [0, 0.05) is 17.4 Å². The third kappa shape index (κ3) is 2.38. The summed E-state index contributed by atoms with van der Waals surface area (Å²) in [6.07, 6.45) is 1.93. The Hall–Kier alpha value is -1.62. The molecule has 3 aromatic rings. The Labute approximate surface area is 131 Å². The largest absolute Gasteiger partial charge is 0.335 e. The Morgan fingerprint density at radius 1 is 1.00 bits per heavy atom. The van der Waals surface area contributed by atoms with E-state index in [0.29, 0.717) is 0 Å². The number of hydrogen-bond donors (Lipinski definition) is 0. The fourth-order valence-electron chi connectivity index (χ4n) is 2.52. The average Bonchev–Trinajstić information content (AvgIpc) is 2.77. The summed E-state index contributed by atoms with van der Waals surface area (Å²) in [5.74, 6) is 0. The van der Waals surface area contributed by atoms with E-state index in [4.69, 9.17) is 0 Å². The minimum absolute atomic E-state index is 0.800. The second-order valence-electron chi connectivity index (χ2n) is 4.73. The van der Waals surface area contributed by atoms with E-state index >= 15 is 0 Å². The van der Waals surface area contributed by atoms with Crippen LogP contribution in [0.15, 0.2) is 54.6 Å². The van der Waals surface area contributed by atoms with Gasteiger partial charge in [-0.25, -0.2) is 0 Å². The molecule has 0 spiro atoms. The van der Waals surface area contributed by atoms with Crippen molar-refractivity contribution in [1.82, 2.24) is 4.57 Å². The molecule has 2 aromatic carbocycles. The van der Waals surface area contributed by atoms with Gasteiger partial charge in [-0.2, -0.15) is 0 Å². The molecule has 0 N–H and O–H groups in total. The number of aryl methyl sites for hydroxylation is 2. The fourth-order valence-corrected chi connectivity index (χ4v) is 3.43. The van der Waals surface area contributed by atoms with Gasteiger partial charge in [0.25, 0.3) is 0 Å². The van der Waals surface area contributed by atoms with Gasteiger partial charge < -0.3 is 4.57 Å². The Bertz CT molecular complexity index is 746. The van der Waals surface area contributed by atoms with Crippen molar-refractivity contribution in [3.05, 3.63) is 69.4 Å². The number of rotatable bonds is 4. The molecule has 2 nitrogen and oxygen atoms in total. The molecule has 0 aliphatic carbocycles. The molecule has 0 aliphatic heterocycles. The molecule has 0 aliphatic rings. The highest BCUT2D eigenvalue weighted by atomic mass is 127. The van der Waals surface area contributed by atoms with E-state index < -0.39 is 0 Å². The lowest BCUT2D eigenvalue weighted by Gasteiger charge is -2.07. The first-order valence-electron chi connectivity index (χ1n) is 6.57. The second-order valence-corrected chi connectivity index (χ2v) is 5.75. The van der Waals surface area contributed by atoms with E-state index in [1.165, 1.54) is 5.56 Å². The highest BCUT2D eigenvalue weighted by Gasteiger charge is 2.13. The molecular formula is C17H14INO. The first kappa shape index (κ1) is 13.4. The van der Waals surface area contributed by atoms with Crippen LogP contribution in [0.2, 0.25) is 0 Å². The monoisotopic (exact) mass is 375 g/mol. The highest BCUT2D eigenvalue weighted by molar-refractivity contribution is 14.1. The quantitative estimate of drug-likeness (QED) is 0.492. The standard InChI is InChI=1S/C17H14INO/c18-17-15(12-20)14-8-4-5-9-16(14)19(17)11-10-13-6-2-1-3-7-13/h1-9,12H,10-11H2. The normalized spacial score (nSPS) is 10.8. The van der Waals surface area contributed by atoms with E-state index in [-0.39, 0.29) is 0 Å². The molecule has 100 valence electrons. The molecule has 0 radical (unpaired) electrons. The summed E-state index contributed by atoms with van der Waals surface area (Å²) in [7, 11) is 0. The molecular weight excluding hydrogens is 361 g/mol. The van der Waals surface area contributed by atoms with E-state index in [1.807, 2.05) is 24.3 Å². The van der Waals surface area contributed by atoms with E-state index in [1.54, 1.807) is 0 Å². The van der Waals surface area contributed by atoms with Crippen molar-refractivity contribution in [3.63, 3.8) is 0 Å². The average molecular weight is 375 g/mol. The van der Waals surface area contributed by atoms with Gasteiger partial charge in [-0.05, 0) is 40.6 Å². The first-order valence-corrected chi connectivity index (χ1v) is 7.65. The number of nitrogens with zero attached hydrogens (tertiary/aromatic N) is 1. The zero-order valence-electron chi connectivity index (χ0n) is 10.9. The van der Waals surface area contributed by atoms with Crippen LogP contribution in [0.1, 0.15) is 15.9 Å². The molecule has 1 heterocycles. The molecule has 0 saturated carbocycles. The number of benzene rings is 2. The number of fused-ring (bicyclic) bond motifs is 1. The van der Waals surface area contributed by atoms with E-state index in [0.717, 1.165) is 39.4 Å². The van der Waals surface area contributed by atoms with Crippen molar-refractivity contribution in [2.45, 2.75) is 13.0 Å².